The van der Waals surface area contributed by atoms with Crippen LogP contribution in [0.4, 0.5) is 0 Å². The van der Waals surface area contributed by atoms with Crippen LogP contribution in [0.5, 0.6) is 0 Å². The number of carbonyl (C=O) groups excluding carboxylic acids is 4. The molecule has 0 radical (unpaired) electrons. The van der Waals surface area contributed by atoms with E-state index in [1.54, 1.807) is 0 Å². The fraction of sp³-hybridized carbons (Fsp3) is 0.818. The van der Waals surface area contributed by atoms with E-state index in [2.05, 4.69) is 21.3 Å². The Labute approximate surface area is 456 Å². The number of carboxylic acids is 4. The predicted octanol–water partition coefficient (Wildman–Crippen LogP) is -12.4. The highest BCUT2D eigenvalue weighted by Crippen LogP contribution is 2.41. The SMILES string of the molecule is CC(=O)N[C@H]1[C@H]([C@H](O)[C@H](O)CO)O[C@@](O[C@H](CO)[C@@H](O)[C@@H]2O[C@@](O[C@H](CO)[C@@H](O)[C@@H]3O[C@@](O[C@H](CO)[C@@H](O)[C@@H]4O[C@@](O)(C(=O)O)C[C@H](O)[C@H]4NC(C)=O)(C(=O)O)C[C@H](O)[C@H]3NC(C)=O)(C(=O)O)C[C@H](O)[C@H]2NC(C)=O)(C(=O)O)C[C@@H]1O. The molecule has 0 spiro atoms. The van der Waals surface area contributed by atoms with Crippen molar-refractivity contribution < 1.29 is 163 Å². The number of aliphatic hydroxyl groups is 14. The zero-order valence-corrected chi connectivity index (χ0v) is 43.4. The van der Waals surface area contributed by atoms with Gasteiger partial charge in [0.1, 0.15) is 73.2 Å². The standard InChI is InChI=1S/C44H70N4O33/c1-13(53)45-25-17(57)5-41(74,37(66)67)78-34(25)30(63)22(10-50)75-43(39(70)71)7-19(59)27(47-15(3)55)36(80-43)32(65)24(12-52)77-44(40(72)73)8-20(60)28(48-16(4)56)35(81-44)31(64)23(11-51)76-42(38(68)69)6-18(58)26(46-14(2)54)33(79-42)29(62)21(61)9-49/h17-36,49-52,57-65,74H,5-12H2,1-4H3,(H,45,53)(H,46,54)(H,47,55)(H,48,56)(H,66,67)(H,68,69)(H,70,71)(H,72,73)/t17-,18-,19-,20-,21+,22+,23+,24+,25+,26+,27+,28+,29+,30+,31+,32+,33+,34+,35+,36+,41+,42+,43+,44+/m0/s1. The minimum absolute atomic E-state index is 0.843. The molecule has 4 aliphatic heterocycles. The molecule has 37 nitrogen and oxygen atoms in total. The summed E-state index contributed by atoms with van der Waals surface area (Å²) in [6.07, 6.45) is -43.4. The topological polar surface area (TPSA) is 613 Å². The van der Waals surface area contributed by atoms with E-state index >= 15 is 0 Å². The fourth-order valence-electron chi connectivity index (χ4n) is 9.91. The summed E-state index contributed by atoms with van der Waals surface area (Å²) >= 11 is 0. The Balaban J connectivity index is 1.78. The van der Waals surface area contributed by atoms with Gasteiger partial charge in [-0.3, -0.25) is 19.2 Å². The van der Waals surface area contributed by atoms with Crippen LogP contribution in [-0.4, -0.2) is 311 Å². The first-order valence-electron chi connectivity index (χ1n) is 24.6. The average molecular weight is 1180 g/mol. The maximum absolute atomic E-state index is 13.4. The van der Waals surface area contributed by atoms with Crippen LogP contribution in [0.3, 0.4) is 0 Å². The molecule has 37 heteroatoms. The van der Waals surface area contributed by atoms with Crippen molar-refractivity contribution >= 4 is 47.5 Å². The Morgan fingerprint density at radius 1 is 0.420 bits per heavy atom. The lowest BCUT2D eigenvalue weighted by molar-refractivity contribution is -0.361. The second-order valence-corrected chi connectivity index (χ2v) is 19.8. The fourth-order valence-corrected chi connectivity index (χ4v) is 9.91. The largest absolute Gasteiger partial charge is 0.477 e. The molecule has 24 atom stereocenters. The molecule has 4 saturated heterocycles. The summed E-state index contributed by atoms with van der Waals surface area (Å²) in [6.45, 7) is -2.32. The summed E-state index contributed by atoms with van der Waals surface area (Å²) in [4.78, 5) is 101. The van der Waals surface area contributed by atoms with Crippen molar-refractivity contribution in [3.8, 4) is 0 Å². The summed E-state index contributed by atoms with van der Waals surface area (Å²) in [7, 11) is 0. The summed E-state index contributed by atoms with van der Waals surface area (Å²) in [5, 5.41) is 204. The second kappa shape index (κ2) is 27.5. The number of aliphatic hydroxyl groups excluding tert-OH is 13. The number of amides is 4. The molecule has 0 saturated carbocycles. The lowest BCUT2D eigenvalue weighted by Crippen LogP contribution is -2.72. The Kier molecular flexibility index (Phi) is 23.3. The highest BCUT2D eigenvalue weighted by atomic mass is 16.8. The minimum Gasteiger partial charge on any atom is -0.477 e. The first-order valence-corrected chi connectivity index (χ1v) is 24.6. The molecule has 0 bridgehead atoms. The number of hydrogen-bond acceptors (Lipinski definition) is 29. The van der Waals surface area contributed by atoms with Gasteiger partial charge in [-0.1, -0.05) is 0 Å². The molecule has 22 N–H and O–H groups in total. The van der Waals surface area contributed by atoms with E-state index in [9.17, 15) is 130 Å². The Morgan fingerprint density at radius 2 is 0.667 bits per heavy atom. The lowest BCUT2D eigenvalue weighted by Gasteiger charge is -2.51. The average Bonchev–Trinajstić information content (AvgIpc) is 3.43. The van der Waals surface area contributed by atoms with Crippen molar-refractivity contribution in [1.29, 1.82) is 0 Å². The van der Waals surface area contributed by atoms with Crippen LogP contribution in [-0.2, 0) is 71.5 Å². The van der Waals surface area contributed by atoms with Crippen LogP contribution in [0.15, 0.2) is 0 Å². The molecule has 0 aromatic heterocycles. The third kappa shape index (κ3) is 15.2. The van der Waals surface area contributed by atoms with Crippen LogP contribution < -0.4 is 21.3 Å². The molecule has 464 valence electrons. The smallest absolute Gasteiger partial charge is 0.364 e. The second-order valence-electron chi connectivity index (χ2n) is 19.8. The normalized spacial score (nSPS) is 37.4. The third-order valence-electron chi connectivity index (χ3n) is 13.7. The zero-order chi connectivity index (χ0) is 61.6. The van der Waals surface area contributed by atoms with Gasteiger partial charge in [-0.15, -0.1) is 0 Å². The van der Waals surface area contributed by atoms with Crippen molar-refractivity contribution in [2.24, 2.45) is 0 Å². The van der Waals surface area contributed by atoms with Crippen LogP contribution in [0.2, 0.25) is 0 Å². The molecular weight excluding hydrogens is 1110 g/mol. The maximum atomic E-state index is 13.4. The van der Waals surface area contributed by atoms with Crippen LogP contribution >= 0.6 is 0 Å². The first kappa shape index (κ1) is 68.4. The first-order chi connectivity index (χ1) is 37.5. The van der Waals surface area contributed by atoms with E-state index in [1.165, 1.54) is 0 Å². The minimum atomic E-state index is -3.55. The molecule has 4 amide bonds. The molecule has 81 heavy (non-hydrogen) atoms. The number of nitrogens with one attached hydrogen (secondary N) is 4. The highest BCUT2D eigenvalue weighted by Gasteiger charge is 2.63. The number of carboxylic acid groups (broad SMARTS) is 4. The van der Waals surface area contributed by atoms with Gasteiger partial charge in [0.25, 0.3) is 23.1 Å². The highest BCUT2D eigenvalue weighted by molar-refractivity contribution is 5.79. The van der Waals surface area contributed by atoms with Gasteiger partial charge in [0.05, 0.1) is 75.0 Å². The molecule has 0 aromatic rings. The summed E-state index contributed by atoms with van der Waals surface area (Å²) in [6, 6.07) is -7.66. The quantitative estimate of drug-likeness (QED) is 0.0382. The predicted molar refractivity (Wildman–Crippen MR) is 249 cm³/mol. The monoisotopic (exact) mass is 1180 g/mol. The van der Waals surface area contributed by atoms with Crippen molar-refractivity contribution in [3.05, 3.63) is 0 Å². The molecule has 0 aliphatic carbocycles. The van der Waals surface area contributed by atoms with Crippen LogP contribution in [0, 0.1) is 0 Å². The summed E-state index contributed by atoms with van der Waals surface area (Å²) in [5.41, 5.74) is 0. The number of aliphatic carboxylic acids is 4. The van der Waals surface area contributed by atoms with E-state index in [1.807, 2.05) is 0 Å². The number of ether oxygens (including phenoxy) is 7. The zero-order valence-electron chi connectivity index (χ0n) is 43.4. The Hall–Kier alpha value is -5.08. The van der Waals surface area contributed by atoms with Gasteiger partial charge < -0.3 is 146 Å². The summed E-state index contributed by atoms with van der Waals surface area (Å²) < 4.78 is 38.8. The van der Waals surface area contributed by atoms with E-state index in [-0.39, 0.29) is 0 Å². The van der Waals surface area contributed by atoms with Crippen LogP contribution in [0.1, 0.15) is 53.4 Å². The van der Waals surface area contributed by atoms with E-state index in [4.69, 9.17) is 33.2 Å². The van der Waals surface area contributed by atoms with Gasteiger partial charge in [0, 0.05) is 53.4 Å². The molecule has 4 aliphatic rings. The molecule has 0 unspecified atom stereocenters. The number of carbonyl (C=O) groups is 8. The van der Waals surface area contributed by atoms with Crippen molar-refractivity contribution in [2.45, 2.75) is 198 Å². The molecule has 4 fully saturated rings. The van der Waals surface area contributed by atoms with Crippen LogP contribution in [0.25, 0.3) is 0 Å². The number of rotatable bonds is 26. The van der Waals surface area contributed by atoms with Crippen molar-refractivity contribution in [1.82, 2.24) is 21.3 Å². The van der Waals surface area contributed by atoms with E-state index in [0.717, 1.165) is 27.7 Å². The Morgan fingerprint density at radius 3 is 0.889 bits per heavy atom. The molecule has 4 heterocycles. The van der Waals surface area contributed by atoms with E-state index < -0.39 is 245 Å². The van der Waals surface area contributed by atoms with Gasteiger partial charge >= 0.3 is 23.9 Å². The third-order valence-corrected chi connectivity index (χ3v) is 13.7. The number of hydrogen-bond donors (Lipinski definition) is 22. The summed E-state index contributed by atoms with van der Waals surface area (Å²) in [5.74, 6) is -26.5. The molecule has 4 rings (SSSR count). The van der Waals surface area contributed by atoms with Gasteiger partial charge in [-0.2, -0.15) is 0 Å². The van der Waals surface area contributed by atoms with Crippen molar-refractivity contribution in [2.75, 3.05) is 26.4 Å². The maximum Gasteiger partial charge on any atom is 0.364 e. The van der Waals surface area contributed by atoms with E-state index in [0.29, 0.717) is 0 Å². The van der Waals surface area contributed by atoms with Gasteiger partial charge in [0.15, 0.2) is 0 Å². The van der Waals surface area contributed by atoms with Gasteiger partial charge in [-0.25, -0.2) is 19.2 Å². The lowest BCUT2D eigenvalue weighted by atomic mass is 9.86. The van der Waals surface area contributed by atoms with Crippen molar-refractivity contribution in [3.63, 3.8) is 0 Å². The Bertz CT molecular complexity index is 2250. The van der Waals surface area contributed by atoms with Gasteiger partial charge in [-0.05, 0) is 0 Å². The molecule has 0 aromatic carbocycles. The molecular formula is C44H70N4O33. The van der Waals surface area contributed by atoms with Gasteiger partial charge in [0.2, 0.25) is 23.6 Å².